The number of rotatable bonds is 6. The molecule has 0 spiro atoms. The van der Waals surface area contributed by atoms with Crippen molar-refractivity contribution in [3.63, 3.8) is 0 Å². The first kappa shape index (κ1) is 21.3. The lowest BCUT2D eigenvalue weighted by Crippen LogP contribution is -2.18. The van der Waals surface area contributed by atoms with Crippen LogP contribution < -0.4 is 10.6 Å². The smallest absolute Gasteiger partial charge is 0.328 e. The third-order valence-corrected chi connectivity index (χ3v) is 5.62. The van der Waals surface area contributed by atoms with Crippen molar-refractivity contribution in [2.75, 3.05) is 16.4 Å². The van der Waals surface area contributed by atoms with Crippen molar-refractivity contribution in [3.8, 4) is 0 Å². The summed E-state index contributed by atoms with van der Waals surface area (Å²) in [7, 11) is 0. The van der Waals surface area contributed by atoms with Gasteiger partial charge in [-0.3, -0.25) is 4.79 Å². The van der Waals surface area contributed by atoms with E-state index in [1.165, 1.54) is 18.2 Å². The summed E-state index contributed by atoms with van der Waals surface area (Å²) < 4.78 is 53.2. The molecule has 0 saturated heterocycles. The molecule has 0 atom stereocenters. The Morgan fingerprint density at radius 2 is 1.90 bits per heavy atom. The van der Waals surface area contributed by atoms with Crippen LogP contribution in [0.15, 0.2) is 46.8 Å². The van der Waals surface area contributed by atoms with Crippen LogP contribution in [0, 0.1) is 5.82 Å². The molecule has 2 aromatic carbocycles. The number of halogens is 5. The second-order valence-corrected chi connectivity index (χ2v) is 8.14. The number of para-hydroxylation sites is 1. The number of amides is 1. The Balaban J connectivity index is 1.60. The van der Waals surface area contributed by atoms with Gasteiger partial charge in [0.1, 0.15) is 5.82 Å². The molecule has 0 aliphatic heterocycles. The Morgan fingerprint density at radius 3 is 2.62 bits per heavy atom. The van der Waals surface area contributed by atoms with Crippen molar-refractivity contribution in [1.82, 2.24) is 10.2 Å². The van der Waals surface area contributed by atoms with Gasteiger partial charge in [-0.25, -0.2) is 4.39 Å². The number of anilines is 3. The van der Waals surface area contributed by atoms with Crippen molar-refractivity contribution in [2.45, 2.75) is 10.5 Å². The normalized spacial score (nSPS) is 11.3. The number of hydrogen-bond acceptors (Lipinski definition) is 6. The quantitative estimate of drug-likeness (QED) is 0.356. The maximum atomic E-state index is 13.6. The predicted molar refractivity (Wildman–Crippen MR) is 105 cm³/mol. The fraction of sp³-hybridized carbons (Fsp3) is 0.118. The molecule has 0 fully saturated rings. The van der Waals surface area contributed by atoms with E-state index in [2.05, 4.69) is 20.8 Å². The number of hydrogen-bond donors (Lipinski definition) is 2. The van der Waals surface area contributed by atoms with Gasteiger partial charge in [-0.05, 0) is 30.3 Å². The lowest BCUT2D eigenvalue weighted by Gasteiger charge is -2.13. The van der Waals surface area contributed by atoms with E-state index in [9.17, 15) is 22.4 Å². The fourth-order valence-electron chi connectivity index (χ4n) is 2.17. The lowest BCUT2D eigenvalue weighted by atomic mass is 10.1. The molecule has 3 aromatic rings. The van der Waals surface area contributed by atoms with E-state index >= 15 is 0 Å². The Hall–Kier alpha value is -2.37. The minimum Gasteiger partial charge on any atom is -0.328 e. The standard InChI is InChI=1S/C17H11ClF4N4OS2/c18-9-5-6-12(10(7-9)17(20,21)22)23-14(27)8-28-16-26-25-15(29-16)24-13-4-2-1-3-11(13)19/h1-7H,8H2,(H,23,27)(H,24,25). The molecule has 0 bridgehead atoms. The van der Waals surface area contributed by atoms with Gasteiger partial charge in [0, 0.05) is 5.02 Å². The zero-order valence-electron chi connectivity index (χ0n) is 14.3. The number of carbonyl (C=O) groups is 1. The van der Waals surface area contributed by atoms with Gasteiger partial charge < -0.3 is 10.6 Å². The van der Waals surface area contributed by atoms with Gasteiger partial charge in [0.05, 0.1) is 22.7 Å². The molecule has 5 nitrogen and oxygen atoms in total. The molecule has 0 saturated carbocycles. The Labute approximate surface area is 175 Å². The summed E-state index contributed by atoms with van der Waals surface area (Å²) in [5.74, 6) is -1.30. The van der Waals surface area contributed by atoms with E-state index in [4.69, 9.17) is 11.6 Å². The van der Waals surface area contributed by atoms with Gasteiger partial charge in [0.2, 0.25) is 11.0 Å². The molecule has 3 rings (SSSR count). The van der Waals surface area contributed by atoms with E-state index in [0.717, 1.165) is 35.2 Å². The molecule has 0 aliphatic rings. The van der Waals surface area contributed by atoms with Crippen LogP contribution in [-0.4, -0.2) is 21.9 Å². The third-order valence-electron chi connectivity index (χ3n) is 3.41. The first-order chi connectivity index (χ1) is 13.7. The minimum atomic E-state index is -4.66. The number of nitrogens with one attached hydrogen (secondary N) is 2. The first-order valence-corrected chi connectivity index (χ1v) is 10.0. The summed E-state index contributed by atoms with van der Waals surface area (Å²) in [5.41, 5.74) is -1.19. The zero-order valence-corrected chi connectivity index (χ0v) is 16.6. The van der Waals surface area contributed by atoms with Crippen LogP contribution in [0.25, 0.3) is 0 Å². The molecule has 1 amide bonds. The molecular formula is C17H11ClF4N4OS2. The first-order valence-electron chi connectivity index (χ1n) is 7.87. The summed E-state index contributed by atoms with van der Waals surface area (Å²) in [4.78, 5) is 12.1. The van der Waals surface area contributed by atoms with Crippen molar-refractivity contribution >= 4 is 57.1 Å². The number of carbonyl (C=O) groups excluding carboxylic acids is 1. The molecule has 1 heterocycles. The van der Waals surface area contributed by atoms with Gasteiger partial charge in [0.25, 0.3) is 0 Å². The number of nitrogens with zero attached hydrogens (tertiary/aromatic N) is 2. The summed E-state index contributed by atoms with van der Waals surface area (Å²) >= 11 is 7.68. The number of thioether (sulfide) groups is 1. The monoisotopic (exact) mass is 462 g/mol. The average Bonchev–Trinajstić information content (AvgIpc) is 3.10. The van der Waals surface area contributed by atoms with Gasteiger partial charge in [0.15, 0.2) is 4.34 Å². The van der Waals surface area contributed by atoms with Crippen molar-refractivity contribution in [2.24, 2.45) is 0 Å². The van der Waals surface area contributed by atoms with Gasteiger partial charge >= 0.3 is 6.18 Å². The molecule has 12 heteroatoms. The van der Waals surface area contributed by atoms with Crippen LogP contribution in [0.1, 0.15) is 5.56 Å². The molecule has 0 unspecified atom stereocenters. The van der Waals surface area contributed by atoms with Crippen LogP contribution >= 0.6 is 34.7 Å². The number of benzene rings is 2. The van der Waals surface area contributed by atoms with Crippen LogP contribution in [0.3, 0.4) is 0 Å². The molecule has 2 N–H and O–H groups in total. The predicted octanol–water partition coefficient (Wildman–Crippen LogP) is 5.82. The maximum absolute atomic E-state index is 13.6. The molecule has 29 heavy (non-hydrogen) atoms. The Kier molecular flexibility index (Phi) is 6.60. The lowest BCUT2D eigenvalue weighted by molar-refractivity contribution is -0.137. The van der Waals surface area contributed by atoms with Gasteiger partial charge in [-0.2, -0.15) is 13.2 Å². The van der Waals surface area contributed by atoms with Crippen LogP contribution in [0.5, 0.6) is 0 Å². The van der Waals surface area contributed by atoms with Crippen LogP contribution in [0.2, 0.25) is 5.02 Å². The van der Waals surface area contributed by atoms with E-state index < -0.39 is 23.5 Å². The van der Waals surface area contributed by atoms with Crippen molar-refractivity contribution in [3.05, 3.63) is 58.9 Å². The summed E-state index contributed by atoms with van der Waals surface area (Å²) in [6.07, 6.45) is -4.66. The van der Waals surface area contributed by atoms with Gasteiger partial charge in [-0.1, -0.05) is 46.8 Å². The second kappa shape index (κ2) is 8.97. The maximum Gasteiger partial charge on any atom is 0.418 e. The van der Waals surface area contributed by atoms with E-state index in [-0.39, 0.29) is 22.2 Å². The molecule has 0 aliphatic carbocycles. The van der Waals surface area contributed by atoms with E-state index in [1.54, 1.807) is 12.1 Å². The summed E-state index contributed by atoms with van der Waals surface area (Å²) in [5, 5.41) is 12.9. The van der Waals surface area contributed by atoms with Crippen molar-refractivity contribution in [1.29, 1.82) is 0 Å². The number of aromatic nitrogens is 2. The topological polar surface area (TPSA) is 66.9 Å². The molecule has 1 aromatic heterocycles. The highest BCUT2D eigenvalue weighted by Crippen LogP contribution is 2.36. The highest BCUT2D eigenvalue weighted by atomic mass is 35.5. The zero-order chi connectivity index (χ0) is 21.0. The Bertz CT molecular complexity index is 1030. The number of alkyl halides is 3. The van der Waals surface area contributed by atoms with Crippen LogP contribution in [-0.2, 0) is 11.0 Å². The highest BCUT2D eigenvalue weighted by molar-refractivity contribution is 8.01. The highest BCUT2D eigenvalue weighted by Gasteiger charge is 2.34. The average molecular weight is 463 g/mol. The molecule has 152 valence electrons. The SMILES string of the molecule is O=C(CSc1nnc(Nc2ccccc2F)s1)Nc1ccc(Cl)cc1C(F)(F)F. The molecule has 0 radical (unpaired) electrons. The summed E-state index contributed by atoms with van der Waals surface area (Å²) in [6.45, 7) is 0. The van der Waals surface area contributed by atoms with E-state index in [1.807, 2.05) is 0 Å². The minimum absolute atomic E-state index is 0.0894. The van der Waals surface area contributed by atoms with Crippen molar-refractivity contribution < 1.29 is 22.4 Å². The fourth-order valence-corrected chi connectivity index (χ4v) is 3.91. The van der Waals surface area contributed by atoms with E-state index in [0.29, 0.717) is 9.47 Å². The molecular weight excluding hydrogens is 452 g/mol. The van der Waals surface area contributed by atoms with Gasteiger partial charge in [-0.15, -0.1) is 10.2 Å². The second-order valence-electron chi connectivity index (χ2n) is 5.50. The summed E-state index contributed by atoms with van der Waals surface area (Å²) in [6, 6.07) is 9.11. The largest absolute Gasteiger partial charge is 0.418 e. The van der Waals surface area contributed by atoms with Crippen LogP contribution in [0.4, 0.5) is 34.1 Å². The Morgan fingerprint density at radius 1 is 1.14 bits per heavy atom. The third kappa shape index (κ3) is 5.81.